The van der Waals surface area contributed by atoms with Crippen molar-refractivity contribution in [3.63, 3.8) is 0 Å². The summed E-state index contributed by atoms with van der Waals surface area (Å²) in [6.45, 7) is 2.41. The molecule has 0 radical (unpaired) electrons. The van der Waals surface area contributed by atoms with Crippen LogP contribution in [0.5, 0.6) is 5.88 Å². The average molecular weight is 420 g/mol. The number of thiocarbonyl (C=S) groups is 1. The van der Waals surface area contributed by atoms with Gasteiger partial charge in [-0.05, 0) is 41.7 Å². The highest BCUT2D eigenvalue weighted by molar-refractivity contribution is 7.80. The van der Waals surface area contributed by atoms with Crippen molar-refractivity contribution in [2.45, 2.75) is 25.9 Å². The van der Waals surface area contributed by atoms with Crippen LogP contribution in [-0.4, -0.2) is 28.7 Å². The zero-order valence-electron chi connectivity index (χ0n) is 17.0. The molecule has 0 aliphatic carbocycles. The molecule has 30 heavy (non-hydrogen) atoms. The molecule has 1 aliphatic rings. The van der Waals surface area contributed by atoms with Crippen LogP contribution in [0.1, 0.15) is 23.1 Å². The topological polar surface area (TPSA) is 62.3 Å². The highest BCUT2D eigenvalue weighted by Gasteiger charge is 2.21. The molecule has 1 aliphatic heterocycles. The van der Waals surface area contributed by atoms with E-state index in [1.807, 2.05) is 12.1 Å². The summed E-state index contributed by atoms with van der Waals surface area (Å²) >= 11 is 5.42. The Bertz CT molecular complexity index is 986. The van der Waals surface area contributed by atoms with Crippen LogP contribution < -0.4 is 20.3 Å². The molecule has 0 bridgehead atoms. The van der Waals surface area contributed by atoms with Gasteiger partial charge in [0, 0.05) is 25.7 Å². The summed E-state index contributed by atoms with van der Waals surface area (Å²) in [5.41, 5.74) is 3.96. The number of ether oxygens (including phenoxy) is 1. The average Bonchev–Trinajstić information content (AvgIpc) is 3.22. The maximum absolute atomic E-state index is 5.42. The molecule has 7 heteroatoms. The Hall–Kier alpha value is -3.19. The van der Waals surface area contributed by atoms with Crippen molar-refractivity contribution in [1.82, 2.24) is 15.3 Å². The van der Waals surface area contributed by atoms with E-state index in [0.29, 0.717) is 16.9 Å². The fourth-order valence-corrected chi connectivity index (χ4v) is 3.71. The Kier molecular flexibility index (Phi) is 6.39. The number of benzene rings is 2. The summed E-state index contributed by atoms with van der Waals surface area (Å²) in [5, 5.41) is 6.83. The van der Waals surface area contributed by atoms with Crippen molar-refractivity contribution < 1.29 is 4.74 Å². The minimum absolute atomic E-state index is 0.431. The quantitative estimate of drug-likeness (QED) is 0.444. The Labute approximate surface area is 182 Å². The van der Waals surface area contributed by atoms with Gasteiger partial charge in [0.05, 0.1) is 7.11 Å². The van der Waals surface area contributed by atoms with Gasteiger partial charge in [-0.1, -0.05) is 54.6 Å². The van der Waals surface area contributed by atoms with Crippen molar-refractivity contribution >= 4 is 29.1 Å². The fraction of sp³-hybridized carbons (Fsp3) is 0.261. The number of aryl methyl sites for hydroxylation is 1. The fourth-order valence-electron chi connectivity index (χ4n) is 3.52. The smallest absolute Gasteiger partial charge is 0.234 e. The summed E-state index contributed by atoms with van der Waals surface area (Å²) in [6, 6.07) is 20.7. The number of hydrogen-bond acceptors (Lipinski definition) is 5. The predicted octanol–water partition coefficient (Wildman–Crippen LogP) is 3.92. The van der Waals surface area contributed by atoms with Gasteiger partial charge in [0.25, 0.3) is 0 Å². The van der Waals surface area contributed by atoms with E-state index in [4.69, 9.17) is 17.0 Å². The summed E-state index contributed by atoms with van der Waals surface area (Å²) in [6.07, 6.45) is 1.99. The third-order valence-electron chi connectivity index (χ3n) is 5.06. The molecule has 0 amide bonds. The maximum atomic E-state index is 5.42. The van der Waals surface area contributed by atoms with Crippen LogP contribution in [0.3, 0.4) is 0 Å². The van der Waals surface area contributed by atoms with Gasteiger partial charge in [0.15, 0.2) is 5.11 Å². The van der Waals surface area contributed by atoms with Gasteiger partial charge in [-0.25, -0.2) is 0 Å². The zero-order chi connectivity index (χ0) is 20.8. The van der Waals surface area contributed by atoms with Gasteiger partial charge in [0.2, 0.25) is 11.8 Å². The number of anilines is 2. The zero-order valence-corrected chi connectivity index (χ0v) is 17.8. The van der Waals surface area contributed by atoms with Gasteiger partial charge < -0.3 is 20.3 Å². The molecule has 0 saturated heterocycles. The lowest BCUT2D eigenvalue weighted by atomic mass is 10.1. The Morgan fingerprint density at radius 2 is 1.73 bits per heavy atom. The molecule has 4 rings (SSSR count). The third-order valence-corrected chi connectivity index (χ3v) is 5.31. The monoisotopic (exact) mass is 419 g/mol. The molecule has 0 unspecified atom stereocenters. The van der Waals surface area contributed by atoms with E-state index in [2.05, 4.69) is 74.0 Å². The van der Waals surface area contributed by atoms with Crippen molar-refractivity contribution in [2.75, 3.05) is 23.9 Å². The van der Waals surface area contributed by atoms with Gasteiger partial charge in [0.1, 0.15) is 5.82 Å². The van der Waals surface area contributed by atoms with Crippen LogP contribution in [0, 0.1) is 0 Å². The van der Waals surface area contributed by atoms with E-state index in [-0.39, 0.29) is 0 Å². The number of fused-ring (bicyclic) bond motifs is 1. The molecule has 2 N–H and O–H groups in total. The minimum atomic E-state index is 0.431. The normalized spacial score (nSPS) is 12.4. The Morgan fingerprint density at radius 1 is 1.03 bits per heavy atom. The summed E-state index contributed by atoms with van der Waals surface area (Å²) in [4.78, 5) is 11.3. The Morgan fingerprint density at radius 3 is 2.43 bits per heavy atom. The first-order valence-electron chi connectivity index (χ1n) is 10.0. The van der Waals surface area contributed by atoms with Gasteiger partial charge >= 0.3 is 0 Å². The van der Waals surface area contributed by atoms with E-state index < -0.39 is 0 Å². The van der Waals surface area contributed by atoms with Crippen LogP contribution in [0.15, 0.2) is 60.7 Å². The molecular weight excluding hydrogens is 394 g/mol. The molecule has 2 aromatic carbocycles. The van der Waals surface area contributed by atoms with E-state index >= 15 is 0 Å². The molecular formula is C23H25N5OS. The summed E-state index contributed by atoms with van der Waals surface area (Å²) < 4.78 is 5.38. The highest BCUT2D eigenvalue weighted by atomic mass is 32.1. The molecule has 154 valence electrons. The first-order chi connectivity index (χ1) is 14.7. The number of nitrogens with zero attached hydrogens (tertiary/aromatic N) is 3. The molecule has 0 atom stereocenters. The SMILES string of the molecule is COc1cc(N2Cc3ccccc3C2)nc(NC(=S)NCCCc2ccccc2)n1. The van der Waals surface area contributed by atoms with Crippen LogP contribution in [-0.2, 0) is 19.5 Å². The number of nitrogens with one attached hydrogen (secondary N) is 2. The maximum Gasteiger partial charge on any atom is 0.234 e. The van der Waals surface area contributed by atoms with Gasteiger partial charge in [-0.2, -0.15) is 9.97 Å². The van der Waals surface area contributed by atoms with E-state index in [9.17, 15) is 0 Å². The Balaban J connectivity index is 1.34. The molecule has 3 aromatic rings. The molecule has 6 nitrogen and oxygen atoms in total. The summed E-state index contributed by atoms with van der Waals surface area (Å²) in [5.74, 6) is 1.75. The van der Waals surface area contributed by atoms with E-state index in [1.165, 1.54) is 16.7 Å². The predicted molar refractivity (Wildman–Crippen MR) is 124 cm³/mol. The summed E-state index contributed by atoms with van der Waals surface area (Å²) in [7, 11) is 1.61. The van der Waals surface area contributed by atoms with E-state index in [1.54, 1.807) is 7.11 Å². The molecule has 0 fully saturated rings. The van der Waals surface area contributed by atoms with Crippen molar-refractivity contribution in [1.29, 1.82) is 0 Å². The lowest BCUT2D eigenvalue weighted by Crippen LogP contribution is -2.30. The van der Waals surface area contributed by atoms with Gasteiger partial charge in [-0.15, -0.1) is 0 Å². The van der Waals surface area contributed by atoms with Crippen molar-refractivity contribution in [3.05, 3.63) is 77.4 Å². The number of rotatable bonds is 7. The second-order valence-corrected chi connectivity index (χ2v) is 7.60. The van der Waals surface area contributed by atoms with Crippen LogP contribution in [0.25, 0.3) is 0 Å². The first kappa shape index (κ1) is 20.1. The van der Waals surface area contributed by atoms with Crippen LogP contribution in [0.2, 0.25) is 0 Å². The highest BCUT2D eigenvalue weighted by Crippen LogP contribution is 2.29. The lowest BCUT2D eigenvalue weighted by Gasteiger charge is -2.18. The molecule has 0 saturated carbocycles. The van der Waals surface area contributed by atoms with Crippen molar-refractivity contribution in [2.24, 2.45) is 0 Å². The second-order valence-electron chi connectivity index (χ2n) is 7.19. The third kappa shape index (κ3) is 5.04. The minimum Gasteiger partial charge on any atom is -0.481 e. The number of aromatic nitrogens is 2. The number of methoxy groups -OCH3 is 1. The second kappa shape index (κ2) is 9.54. The molecule has 2 heterocycles. The standard InChI is InChI=1S/C23H25N5OS/c1-29-21-14-20(28-15-18-11-5-6-12-19(18)16-28)25-22(26-21)27-23(30)24-13-7-10-17-8-3-2-4-9-17/h2-6,8-9,11-12,14H,7,10,13,15-16H2,1H3,(H2,24,25,26,27,30). The van der Waals surface area contributed by atoms with Crippen molar-refractivity contribution in [3.8, 4) is 5.88 Å². The molecule has 1 aromatic heterocycles. The van der Waals surface area contributed by atoms with Crippen LogP contribution >= 0.6 is 12.2 Å². The first-order valence-corrected chi connectivity index (χ1v) is 10.5. The van der Waals surface area contributed by atoms with Gasteiger partial charge in [-0.3, -0.25) is 0 Å². The molecule has 0 spiro atoms. The van der Waals surface area contributed by atoms with Crippen LogP contribution in [0.4, 0.5) is 11.8 Å². The lowest BCUT2D eigenvalue weighted by molar-refractivity contribution is 0.397. The largest absolute Gasteiger partial charge is 0.481 e. The number of hydrogen-bond donors (Lipinski definition) is 2. The van der Waals surface area contributed by atoms with E-state index in [0.717, 1.165) is 38.3 Å².